The van der Waals surface area contributed by atoms with Crippen LogP contribution in [0.5, 0.6) is 5.75 Å². The largest absolute Gasteiger partial charge is 0.491 e. The van der Waals surface area contributed by atoms with E-state index in [-0.39, 0.29) is 17.3 Å². The molecule has 2 heterocycles. The van der Waals surface area contributed by atoms with Gasteiger partial charge in [0.1, 0.15) is 25.1 Å². The van der Waals surface area contributed by atoms with Crippen LogP contribution in [0.25, 0.3) is 0 Å². The van der Waals surface area contributed by atoms with Crippen LogP contribution in [0.4, 0.5) is 20.9 Å². The van der Waals surface area contributed by atoms with Gasteiger partial charge in [-0.05, 0) is 65.8 Å². The first-order valence-electron chi connectivity index (χ1n) is 13.5. The fourth-order valence-electron chi connectivity index (χ4n) is 3.96. The van der Waals surface area contributed by atoms with Gasteiger partial charge in [-0.25, -0.2) is 19.4 Å². The highest BCUT2D eigenvalue weighted by Gasteiger charge is 2.29. The SMILES string of the molecule is CC(C)(C)S(C)(C)COC(CF)COc1ccc(C(=O)Nc2ccc(N3CCN(c4nccs4)CC3)cc2)cc1. The average molecular weight is 589 g/mol. The molecule has 4 rings (SSSR count). The number of alkyl halides is 1. The van der Waals surface area contributed by atoms with E-state index >= 15 is 0 Å². The van der Waals surface area contributed by atoms with E-state index in [1.165, 1.54) is 0 Å². The molecule has 1 unspecified atom stereocenters. The highest BCUT2D eigenvalue weighted by atomic mass is 32.3. The minimum absolute atomic E-state index is 0.116. The van der Waals surface area contributed by atoms with Gasteiger partial charge < -0.3 is 24.6 Å². The van der Waals surface area contributed by atoms with Crippen molar-refractivity contribution in [2.75, 3.05) is 73.0 Å². The van der Waals surface area contributed by atoms with Crippen molar-refractivity contribution in [1.29, 1.82) is 0 Å². The quantitative estimate of drug-likeness (QED) is 0.285. The summed E-state index contributed by atoms with van der Waals surface area (Å²) in [5.41, 5.74) is 2.39. The van der Waals surface area contributed by atoms with Gasteiger partial charge in [0.15, 0.2) is 5.13 Å². The van der Waals surface area contributed by atoms with Crippen molar-refractivity contribution < 1.29 is 18.7 Å². The van der Waals surface area contributed by atoms with Crippen LogP contribution < -0.4 is 19.9 Å². The zero-order valence-electron chi connectivity index (χ0n) is 24.1. The fraction of sp³-hybridized carbons (Fsp3) is 0.467. The number of piperazine rings is 1. The third-order valence-electron chi connectivity index (χ3n) is 7.44. The van der Waals surface area contributed by atoms with Gasteiger partial charge in [-0.2, -0.15) is 0 Å². The van der Waals surface area contributed by atoms with Crippen LogP contribution >= 0.6 is 21.4 Å². The van der Waals surface area contributed by atoms with Gasteiger partial charge in [-0.1, -0.05) is 20.8 Å². The number of carbonyl (C=O) groups is 1. The molecule has 1 saturated heterocycles. The Bertz CT molecular complexity index is 1210. The molecule has 2 aromatic carbocycles. The Morgan fingerprint density at radius 2 is 1.70 bits per heavy atom. The summed E-state index contributed by atoms with van der Waals surface area (Å²) in [7, 11) is -1.04. The van der Waals surface area contributed by atoms with Crippen LogP contribution in [-0.2, 0) is 4.74 Å². The van der Waals surface area contributed by atoms with Crippen LogP contribution in [0.3, 0.4) is 0 Å². The Hall–Kier alpha value is -2.82. The Labute approximate surface area is 243 Å². The average Bonchev–Trinajstić information content (AvgIpc) is 3.49. The van der Waals surface area contributed by atoms with Crippen molar-refractivity contribution in [3.05, 3.63) is 65.7 Å². The summed E-state index contributed by atoms with van der Waals surface area (Å²) in [5.74, 6) is 0.896. The molecule has 0 aliphatic carbocycles. The molecule has 7 nitrogen and oxygen atoms in total. The number of thiazole rings is 1. The van der Waals surface area contributed by atoms with E-state index in [9.17, 15) is 9.18 Å². The molecule has 0 radical (unpaired) electrons. The lowest BCUT2D eigenvalue weighted by molar-refractivity contribution is 0.0301. The van der Waals surface area contributed by atoms with E-state index in [1.54, 1.807) is 35.6 Å². The fourth-order valence-corrected chi connectivity index (χ4v) is 5.54. The molecule has 1 aliphatic heterocycles. The molecule has 3 aromatic rings. The molecule has 1 amide bonds. The second-order valence-corrected chi connectivity index (χ2v) is 16.7. The molecule has 0 bridgehead atoms. The number of nitrogens with one attached hydrogen (secondary N) is 1. The first-order valence-corrected chi connectivity index (χ1v) is 17.0. The third-order valence-corrected chi connectivity index (χ3v) is 12.3. The second-order valence-electron chi connectivity index (χ2n) is 11.3. The monoisotopic (exact) mass is 588 g/mol. The number of hydrogen-bond donors (Lipinski definition) is 1. The maximum atomic E-state index is 13.6. The van der Waals surface area contributed by atoms with Gasteiger partial charge in [0.25, 0.3) is 5.91 Å². The third kappa shape index (κ3) is 7.89. The van der Waals surface area contributed by atoms with Crippen molar-refractivity contribution in [3.8, 4) is 5.75 Å². The Balaban J connectivity index is 1.23. The molecule has 1 N–H and O–H groups in total. The number of halogens is 1. The van der Waals surface area contributed by atoms with Crippen molar-refractivity contribution in [2.24, 2.45) is 0 Å². The lowest BCUT2D eigenvalue weighted by atomic mass is 10.2. The molecule has 0 saturated carbocycles. The van der Waals surface area contributed by atoms with E-state index in [0.717, 1.165) is 42.7 Å². The number of anilines is 3. The topological polar surface area (TPSA) is 66.9 Å². The van der Waals surface area contributed by atoms with Crippen molar-refractivity contribution in [3.63, 3.8) is 0 Å². The summed E-state index contributed by atoms with van der Waals surface area (Å²) < 4.78 is 25.3. The first-order chi connectivity index (χ1) is 19.1. The minimum atomic E-state index is -1.04. The number of carbonyl (C=O) groups excluding carboxylic acids is 1. The Morgan fingerprint density at radius 1 is 1.05 bits per heavy atom. The number of nitrogens with zero attached hydrogens (tertiary/aromatic N) is 3. The Kier molecular flexibility index (Phi) is 9.97. The number of ether oxygens (including phenoxy) is 2. The minimum Gasteiger partial charge on any atom is -0.491 e. The van der Waals surface area contributed by atoms with Gasteiger partial charge in [0.2, 0.25) is 0 Å². The molecule has 0 spiro atoms. The van der Waals surface area contributed by atoms with Gasteiger partial charge in [-0.3, -0.25) is 4.79 Å². The number of rotatable bonds is 11. The van der Waals surface area contributed by atoms with E-state index < -0.39 is 22.8 Å². The Morgan fingerprint density at radius 3 is 2.27 bits per heavy atom. The summed E-state index contributed by atoms with van der Waals surface area (Å²) in [6, 6.07) is 14.8. The summed E-state index contributed by atoms with van der Waals surface area (Å²) in [4.78, 5) is 21.9. The molecule has 1 atom stereocenters. The number of hydrogen-bond acceptors (Lipinski definition) is 7. The molecule has 40 heavy (non-hydrogen) atoms. The summed E-state index contributed by atoms with van der Waals surface area (Å²) in [6.45, 7) is 9.79. The predicted octanol–water partition coefficient (Wildman–Crippen LogP) is 6.28. The molecule has 218 valence electrons. The predicted molar refractivity (Wildman–Crippen MR) is 168 cm³/mol. The maximum Gasteiger partial charge on any atom is 0.255 e. The molecular weight excluding hydrogens is 547 g/mol. The van der Waals surface area contributed by atoms with Crippen LogP contribution in [0.2, 0.25) is 0 Å². The van der Waals surface area contributed by atoms with Crippen molar-refractivity contribution in [1.82, 2.24) is 4.98 Å². The zero-order valence-corrected chi connectivity index (χ0v) is 25.7. The van der Waals surface area contributed by atoms with E-state index in [1.807, 2.05) is 35.8 Å². The number of amides is 1. The standard InChI is InChI=1S/C30H41FN4O3S2/c1-30(2,3)40(4,5)22-38-27(20-31)21-37-26-12-6-23(7-13-26)28(36)33-24-8-10-25(11-9-24)34-15-17-35(18-16-34)29-32-14-19-39-29/h6-14,19,27H,15-18,20-22H2,1-5H3,(H,33,36). The van der Waals surface area contributed by atoms with E-state index in [0.29, 0.717) is 17.3 Å². The maximum absolute atomic E-state index is 13.6. The number of aromatic nitrogens is 1. The van der Waals surface area contributed by atoms with Crippen LogP contribution in [0.1, 0.15) is 31.1 Å². The molecule has 10 heteroatoms. The van der Waals surface area contributed by atoms with E-state index in [2.05, 4.69) is 53.4 Å². The normalized spacial score (nSPS) is 15.6. The van der Waals surface area contributed by atoms with Gasteiger partial charge in [-0.15, -0.1) is 11.3 Å². The molecule has 1 fully saturated rings. The number of benzene rings is 2. The highest BCUT2D eigenvalue weighted by molar-refractivity contribution is 8.33. The second kappa shape index (κ2) is 13.2. The summed E-state index contributed by atoms with van der Waals surface area (Å²) in [5, 5.41) is 6.04. The van der Waals surface area contributed by atoms with Crippen LogP contribution in [0.15, 0.2) is 60.1 Å². The summed E-state index contributed by atoms with van der Waals surface area (Å²) >= 11 is 1.67. The highest BCUT2D eigenvalue weighted by Crippen LogP contribution is 2.52. The van der Waals surface area contributed by atoms with Crippen LogP contribution in [0, 0.1) is 0 Å². The van der Waals surface area contributed by atoms with Gasteiger partial charge in [0, 0.05) is 54.7 Å². The van der Waals surface area contributed by atoms with Crippen molar-refractivity contribution >= 4 is 43.8 Å². The van der Waals surface area contributed by atoms with Gasteiger partial charge >= 0.3 is 0 Å². The van der Waals surface area contributed by atoms with E-state index in [4.69, 9.17) is 9.47 Å². The first kappa shape index (κ1) is 30.1. The lowest BCUT2D eigenvalue weighted by Gasteiger charge is -2.44. The molecular formula is C30H41FN4O3S2. The molecule has 1 aromatic heterocycles. The zero-order chi connectivity index (χ0) is 28.8. The van der Waals surface area contributed by atoms with Crippen LogP contribution in [-0.4, -0.2) is 79.7 Å². The summed E-state index contributed by atoms with van der Waals surface area (Å²) in [6.07, 6.45) is 5.63. The van der Waals surface area contributed by atoms with Gasteiger partial charge in [0.05, 0.1) is 5.94 Å². The smallest absolute Gasteiger partial charge is 0.255 e. The van der Waals surface area contributed by atoms with Crippen molar-refractivity contribution in [2.45, 2.75) is 31.6 Å². The molecule has 1 aliphatic rings. The lowest BCUT2D eigenvalue weighted by Crippen LogP contribution is -2.46.